The number of aromatic nitrogens is 2. The molecule has 3 nitrogen and oxygen atoms in total. The van der Waals surface area contributed by atoms with E-state index in [9.17, 15) is 5.21 Å². The monoisotopic (exact) mass is 152 g/mol. The molecule has 0 saturated carbocycles. The number of hydrogen-bond donors (Lipinski definition) is 1. The van der Waals surface area contributed by atoms with Crippen LogP contribution in [0.15, 0.2) is 0 Å². The second-order valence-electron chi connectivity index (χ2n) is 3.11. The largest absolute Gasteiger partial charge is 0.411 e. The van der Waals surface area contributed by atoms with Crippen LogP contribution in [0.3, 0.4) is 0 Å². The Labute approximate surface area is 65.6 Å². The smallest absolute Gasteiger partial charge is 0.0802 e. The van der Waals surface area contributed by atoms with Crippen LogP contribution in [0.2, 0.25) is 0 Å². The van der Waals surface area contributed by atoms with Gasteiger partial charge in [-0.1, -0.05) is 0 Å². The Kier molecular flexibility index (Phi) is 1.37. The maximum absolute atomic E-state index is 9.22. The molecule has 1 heterocycles. The minimum absolute atomic E-state index is 0.916. The van der Waals surface area contributed by atoms with Gasteiger partial charge in [0.2, 0.25) is 0 Å². The van der Waals surface area contributed by atoms with Crippen LogP contribution >= 0.6 is 0 Å². The minimum Gasteiger partial charge on any atom is -0.411 e. The first-order valence-corrected chi connectivity index (χ1v) is 4.05. The maximum atomic E-state index is 9.22. The fraction of sp³-hybridized carbons (Fsp3) is 0.625. The van der Waals surface area contributed by atoms with Crippen LogP contribution < -0.4 is 0 Å². The lowest BCUT2D eigenvalue weighted by Gasteiger charge is -2.08. The molecule has 0 spiro atoms. The summed E-state index contributed by atoms with van der Waals surface area (Å²) in [5.41, 5.74) is 3.27. The van der Waals surface area contributed by atoms with Gasteiger partial charge in [-0.25, -0.2) is 0 Å². The van der Waals surface area contributed by atoms with Crippen molar-refractivity contribution in [1.82, 2.24) is 9.94 Å². The highest BCUT2D eigenvalue weighted by atomic mass is 16.5. The zero-order valence-corrected chi connectivity index (χ0v) is 6.67. The quantitative estimate of drug-likeness (QED) is 0.569. The molecule has 1 aromatic heterocycles. The highest BCUT2D eigenvalue weighted by Gasteiger charge is 2.16. The van der Waals surface area contributed by atoms with Gasteiger partial charge in [-0.05, 0) is 32.6 Å². The molecule has 0 amide bonds. The molecule has 1 aliphatic carbocycles. The number of rotatable bonds is 0. The predicted molar refractivity (Wildman–Crippen MR) is 40.8 cm³/mol. The molecule has 2 rings (SSSR count). The van der Waals surface area contributed by atoms with E-state index in [2.05, 4.69) is 5.10 Å². The SMILES string of the molecule is Cc1c2c(nn1O)CCCC2. The summed E-state index contributed by atoms with van der Waals surface area (Å²) in [5.74, 6) is 0. The summed E-state index contributed by atoms with van der Waals surface area (Å²) in [7, 11) is 0. The van der Waals surface area contributed by atoms with Crippen LogP contribution in [0, 0.1) is 6.92 Å². The Morgan fingerprint density at radius 3 is 2.82 bits per heavy atom. The molecule has 0 aromatic carbocycles. The van der Waals surface area contributed by atoms with E-state index < -0.39 is 0 Å². The minimum atomic E-state index is 0.916. The predicted octanol–water partition coefficient (Wildman–Crippen LogP) is 1.31. The van der Waals surface area contributed by atoms with Gasteiger partial charge in [-0.15, -0.1) is 9.94 Å². The van der Waals surface area contributed by atoms with E-state index in [1.807, 2.05) is 6.92 Å². The Morgan fingerprint density at radius 2 is 2.09 bits per heavy atom. The number of aryl methyl sites for hydroxylation is 1. The van der Waals surface area contributed by atoms with E-state index in [4.69, 9.17) is 0 Å². The molecular formula is C8H12N2O. The maximum Gasteiger partial charge on any atom is 0.0802 e. The average Bonchev–Trinajstić information content (AvgIpc) is 2.30. The molecular weight excluding hydrogens is 140 g/mol. The first kappa shape index (κ1) is 6.70. The lowest BCUT2D eigenvalue weighted by atomic mass is 9.96. The van der Waals surface area contributed by atoms with Crippen LogP contribution in [0.5, 0.6) is 0 Å². The Bertz CT molecular complexity index is 278. The number of hydrogen-bond acceptors (Lipinski definition) is 2. The van der Waals surface area contributed by atoms with Gasteiger partial charge < -0.3 is 5.21 Å². The first-order valence-electron chi connectivity index (χ1n) is 4.05. The van der Waals surface area contributed by atoms with Crippen molar-refractivity contribution in [2.45, 2.75) is 32.6 Å². The zero-order chi connectivity index (χ0) is 7.84. The van der Waals surface area contributed by atoms with Gasteiger partial charge in [0.25, 0.3) is 0 Å². The van der Waals surface area contributed by atoms with Crippen LogP contribution in [-0.2, 0) is 12.8 Å². The molecule has 3 heteroatoms. The van der Waals surface area contributed by atoms with Crippen molar-refractivity contribution in [2.24, 2.45) is 0 Å². The van der Waals surface area contributed by atoms with Crippen molar-refractivity contribution < 1.29 is 5.21 Å². The van der Waals surface area contributed by atoms with Crippen molar-refractivity contribution >= 4 is 0 Å². The summed E-state index contributed by atoms with van der Waals surface area (Å²) in [4.78, 5) is 1.01. The van der Waals surface area contributed by atoms with Gasteiger partial charge >= 0.3 is 0 Å². The van der Waals surface area contributed by atoms with Crippen molar-refractivity contribution in [3.63, 3.8) is 0 Å². The van der Waals surface area contributed by atoms with Crippen molar-refractivity contribution in [2.75, 3.05) is 0 Å². The molecule has 0 bridgehead atoms. The third kappa shape index (κ3) is 0.914. The third-order valence-corrected chi connectivity index (χ3v) is 2.39. The molecule has 11 heavy (non-hydrogen) atoms. The molecule has 0 fully saturated rings. The van der Waals surface area contributed by atoms with Crippen molar-refractivity contribution in [1.29, 1.82) is 0 Å². The molecule has 1 aliphatic rings. The van der Waals surface area contributed by atoms with Crippen LogP contribution in [0.4, 0.5) is 0 Å². The van der Waals surface area contributed by atoms with E-state index in [1.54, 1.807) is 0 Å². The highest BCUT2D eigenvalue weighted by Crippen LogP contribution is 2.22. The third-order valence-electron chi connectivity index (χ3n) is 2.39. The second-order valence-corrected chi connectivity index (χ2v) is 3.11. The van der Waals surface area contributed by atoms with Crippen molar-refractivity contribution in [3.8, 4) is 0 Å². The lowest BCUT2D eigenvalue weighted by Crippen LogP contribution is -2.00. The van der Waals surface area contributed by atoms with Crippen molar-refractivity contribution in [3.05, 3.63) is 17.0 Å². The van der Waals surface area contributed by atoms with Crippen LogP contribution in [0.1, 0.15) is 29.8 Å². The summed E-state index contributed by atoms with van der Waals surface area (Å²) in [5, 5.41) is 13.2. The summed E-state index contributed by atoms with van der Waals surface area (Å²) in [6, 6.07) is 0. The van der Waals surface area contributed by atoms with E-state index in [0.29, 0.717) is 0 Å². The fourth-order valence-electron chi connectivity index (χ4n) is 1.70. The van der Waals surface area contributed by atoms with Gasteiger partial charge in [0.05, 0.1) is 11.4 Å². The standard InChI is InChI=1S/C8H12N2O/c1-6-7-4-2-3-5-8(7)9-10(6)11/h11H,2-5H2,1H3. The van der Waals surface area contributed by atoms with Gasteiger partial charge in [0, 0.05) is 5.56 Å². The Morgan fingerprint density at radius 1 is 1.36 bits per heavy atom. The molecule has 0 aliphatic heterocycles. The van der Waals surface area contributed by atoms with E-state index in [0.717, 1.165) is 29.1 Å². The lowest BCUT2D eigenvalue weighted by molar-refractivity contribution is 0.141. The number of fused-ring (bicyclic) bond motifs is 1. The van der Waals surface area contributed by atoms with Crippen LogP contribution in [-0.4, -0.2) is 15.2 Å². The topological polar surface area (TPSA) is 38.0 Å². The van der Waals surface area contributed by atoms with Gasteiger partial charge in [0.1, 0.15) is 0 Å². The molecule has 0 radical (unpaired) electrons. The zero-order valence-electron chi connectivity index (χ0n) is 6.67. The normalized spacial score (nSPS) is 16.5. The summed E-state index contributed by atoms with van der Waals surface area (Å²) >= 11 is 0. The molecule has 1 aromatic rings. The van der Waals surface area contributed by atoms with E-state index >= 15 is 0 Å². The van der Waals surface area contributed by atoms with Gasteiger partial charge in [0.15, 0.2) is 0 Å². The summed E-state index contributed by atoms with van der Waals surface area (Å²) in [6.07, 6.45) is 4.56. The Balaban J connectivity index is 2.50. The molecule has 60 valence electrons. The summed E-state index contributed by atoms with van der Waals surface area (Å²) < 4.78 is 0. The van der Waals surface area contributed by atoms with E-state index in [1.165, 1.54) is 18.4 Å². The molecule has 0 saturated heterocycles. The number of nitrogens with zero attached hydrogens (tertiary/aromatic N) is 2. The molecule has 1 N–H and O–H groups in total. The van der Waals surface area contributed by atoms with Gasteiger partial charge in [-0.2, -0.15) is 0 Å². The molecule has 0 unspecified atom stereocenters. The average molecular weight is 152 g/mol. The second kappa shape index (κ2) is 2.26. The first-order chi connectivity index (χ1) is 5.29. The van der Waals surface area contributed by atoms with E-state index in [-0.39, 0.29) is 0 Å². The Hall–Kier alpha value is -0.990. The fourth-order valence-corrected chi connectivity index (χ4v) is 1.70. The van der Waals surface area contributed by atoms with Crippen LogP contribution in [0.25, 0.3) is 0 Å². The highest BCUT2D eigenvalue weighted by molar-refractivity contribution is 5.26. The molecule has 0 atom stereocenters. The summed E-state index contributed by atoms with van der Waals surface area (Å²) in [6.45, 7) is 1.91. The van der Waals surface area contributed by atoms with Gasteiger partial charge in [-0.3, -0.25) is 0 Å².